The van der Waals surface area contributed by atoms with Gasteiger partial charge in [0.1, 0.15) is 6.04 Å². The first-order valence-electron chi connectivity index (χ1n) is 12.1. The van der Waals surface area contributed by atoms with E-state index < -0.39 is 41.4 Å². The van der Waals surface area contributed by atoms with E-state index in [1.165, 1.54) is 24.5 Å². The maximum absolute atomic E-state index is 13.7. The van der Waals surface area contributed by atoms with Crippen LogP contribution >= 0.6 is 0 Å². The van der Waals surface area contributed by atoms with Crippen molar-refractivity contribution in [1.82, 2.24) is 16.1 Å². The van der Waals surface area contributed by atoms with Crippen LogP contribution in [-0.2, 0) is 22.6 Å². The predicted molar refractivity (Wildman–Crippen MR) is 138 cm³/mol. The van der Waals surface area contributed by atoms with Gasteiger partial charge in [0.15, 0.2) is 23.2 Å². The summed E-state index contributed by atoms with van der Waals surface area (Å²) in [6.45, 7) is 1.09. The summed E-state index contributed by atoms with van der Waals surface area (Å²) >= 11 is 0. The second kappa shape index (κ2) is 14.0. The fraction of sp³-hybridized carbons (Fsp3) is 0.207. The first-order chi connectivity index (χ1) is 19.1. The minimum Gasteiger partial charge on any atom is -0.391 e. The molecule has 0 spiro atoms. The molecule has 40 heavy (non-hydrogen) atoms. The molecule has 0 aliphatic carbocycles. The van der Waals surface area contributed by atoms with Gasteiger partial charge >= 0.3 is 0 Å². The molecule has 2 atom stereocenters. The molecule has 0 heterocycles. The van der Waals surface area contributed by atoms with Gasteiger partial charge in [-0.15, -0.1) is 0 Å². The Hall–Kier alpha value is -4.50. The largest absolute Gasteiger partial charge is 0.391 e. The molecule has 0 aromatic heterocycles. The number of Topliss-reactive ketones (excluding diaryl/α,β-unsaturated/α-hetero) is 1. The van der Waals surface area contributed by atoms with Crippen molar-refractivity contribution in [2.24, 2.45) is 0 Å². The minimum absolute atomic E-state index is 0.0791. The molecule has 0 saturated carbocycles. The van der Waals surface area contributed by atoms with E-state index in [2.05, 4.69) is 22.5 Å². The van der Waals surface area contributed by atoms with Crippen LogP contribution in [0, 0.1) is 29.3 Å². The second-order valence-corrected chi connectivity index (χ2v) is 8.85. The Morgan fingerprint density at radius 1 is 0.875 bits per heavy atom. The topological polar surface area (TPSA) is 128 Å². The molecule has 0 aliphatic rings. The third-order valence-electron chi connectivity index (χ3n) is 5.77. The van der Waals surface area contributed by atoms with Crippen LogP contribution in [0.5, 0.6) is 0 Å². The molecule has 3 aromatic carbocycles. The highest BCUT2D eigenvalue weighted by atomic mass is 19.2. The van der Waals surface area contributed by atoms with Crippen molar-refractivity contribution in [3.63, 3.8) is 0 Å². The van der Waals surface area contributed by atoms with Crippen molar-refractivity contribution < 1.29 is 37.9 Å². The maximum atomic E-state index is 13.7. The molecule has 208 valence electrons. The standard InChI is InChI=1S/C29H26F3N3O5/c1-17(36)27(29(39)35-40)34-28(38)21-10-8-19(9-11-21)3-2-18-4-6-20(7-5-18)14-23(37)16-33-15-22-12-13-24(30)26(32)25(22)31/h4-13,17,27,33,36,40H,14-16H2,1H3,(H,34,38)(H,35,39)/t17-,27+/m1/s1. The fourth-order valence-electron chi connectivity index (χ4n) is 3.58. The SMILES string of the molecule is C[C@@H](O)[C@H](NC(=O)c1ccc(C#Cc2ccc(CC(=O)CNCc3ccc(F)c(F)c3F)cc2)cc1)C(=O)NO. The molecule has 0 radical (unpaired) electrons. The molecule has 0 aliphatic heterocycles. The van der Waals surface area contributed by atoms with E-state index in [1.807, 2.05) is 0 Å². The number of carbonyl (C=O) groups excluding carboxylic acids is 3. The van der Waals surface area contributed by atoms with Crippen LogP contribution in [0.15, 0.2) is 60.7 Å². The van der Waals surface area contributed by atoms with E-state index >= 15 is 0 Å². The van der Waals surface area contributed by atoms with Gasteiger partial charge in [-0.2, -0.15) is 0 Å². The van der Waals surface area contributed by atoms with Crippen molar-refractivity contribution in [1.29, 1.82) is 0 Å². The highest BCUT2D eigenvalue weighted by molar-refractivity contribution is 5.97. The number of halogens is 3. The van der Waals surface area contributed by atoms with E-state index in [-0.39, 0.29) is 36.4 Å². The lowest BCUT2D eigenvalue weighted by Gasteiger charge is -2.19. The molecule has 5 N–H and O–H groups in total. The molecular weight excluding hydrogens is 527 g/mol. The van der Waals surface area contributed by atoms with Crippen LogP contribution in [0.3, 0.4) is 0 Å². The Balaban J connectivity index is 1.51. The van der Waals surface area contributed by atoms with Gasteiger partial charge in [0, 0.05) is 35.2 Å². The first-order valence-corrected chi connectivity index (χ1v) is 12.1. The quantitative estimate of drug-likeness (QED) is 0.114. The summed E-state index contributed by atoms with van der Waals surface area (Å²) in [5.74, 6) is 0.0696. The molecule has 3 aromatic rings. The molecule has 0 saturated heterocycles. The Morgan fingerprint density at radius 2 is 1.48 bits per heavy atom. The smallest absolute Gasteiger partial charge is 0.268 e. The summed E-state index contributed by atoms with van der Waals surface area (Å²) in [7, 11) is 0. The predicted octanol–water partition coefficient (Wildman–Crippen LogP) is 2.39. The highest BCUT2D eigenvalue weighted by Crippen LogP contribution is 2.15. The van der Waals surface area contributed by atoms with Crippen molar-refractivity contribution in [2.45, 2.75) is 32.0 Å². The van der Waals surface area contributed by atoms with Gasteiger partial charge in [0.05, 0.1) is 12.6 Å². The van der Waals surface area contributed by atoms with Crippen molar-refractivity contribution in [3.8, 4) is 11.8 Å². The summed E-state index contributed by atoms with van der Waals surface area (Å²) in [4.78, 5) is 36.2. The number of benzene rings is 3. The van der Waals surface area contributed by atoms with Crippen LogP contribution < -0.4 is 16.1 Å². The van der Waals surface area contributed by atoms with E-state index in [0.717, 1.165) is 17.7 Å². The number of aliphatic hydroxyl groups excluding tert-OH is 1. The Kier molecular flexibility index (Phi) is 10.6. The van der Waals surface area contributed by atoms with E-state index in [1.54, 1.807) is 36.4 Å². The molecule has 11 heteroatoms. The summed E-state index contributed by atoms with van der Waals surface area (Å²) in [5, 5.41) is 23.4. The molecule has 8 nitrogen and oxygen atoms in total. The minimum atomic E-state index is -1.55. The van der Waals surface area contributed by atoms with E-state index in [4.69, 9.17) is 5.21 Å². The van der Waals surface area contributed by atoms with Crippen molar-refractivity contribution in [3.05, 3.63) is 106 Å². The summed E-state index contributed by atoms with van der Waals surface area (Å²) in [6, 6.07) is 13.8. The number of hydrogen-bond donors (Lipinski definition) is 5. The second-order valence-electron chi connectivity index (χ2n) is 8.85. The van der Waals surface area contributed by atoms with Crippen LogP contribution in [-0.4, -0.2) is 46.6 Å². The van der Waals surface area contributed by atoms with E-state index in [9.17, 15) is 32.7 Å². The van der Waals surface area contributed by atoms with Gasteiger partial charge < -0.3 is 15.7 Å². The zero-order valence-corrected chi connectivity index (χ0v) is 21.3. The fourth-order valence-corrected chi connectivity index (χ4v) is 3.58. The highest BCUT2D eigenvalue weighted by Gasteiger charge is 2.25. The molecule has 3 rings (SSSR count). The maximum Gasteiger partial charge on any atom is 0.268 e. The number of hydrogen-bond acceptors (Lipinski definition) is 6. The number of aliphatic hydroxyl groups is 1. The number of ketones is 1. The summed E-state index contributed by atoms with van der Waals surface area (Å²) in [5.41, 5.74) is 3.56. The average molecular weight is 554 g/mol. The number of carbonyl (C=O) groups is 3. The lowest BCUT2D eigenvalue weighted by atomic mass is 10.1. The summed E-state index contributed by atoms with van der Waals surface area (Å²) in [6.07, 6.45) is -1.12. The Morgan fingerprint density at radius 3 is 2.05 bits per heavy atom. The molecule has 0 bridgehead atoms. The van der Waals surface area contributed by atoms with Crippen LogP contribution in [0.4, 0.5) is 13.2 Å². The Labute approximate surface area is 228 Å². The third-order valence-corrected chi connectivity index (χ3v) is 5.77. The van der Waals surface area contributed by atoms with Gasteiger partial charge in [-0.1, -0.05) is 30.0 Å². The number of amides is 2. The molecule has 0 unspecified atom stereocenters. The number of hydroxylamine groups is 1. The van der Waals surface area contributed by atoms with Crippen molar-refractivity contribution in [2.75, 3.05) is 6.54 Å². The van der Waals surface area contributed by atoms with E-state index in [0.29, 0.717) is 11.1 Å². The van der Waals surface area contributed by atoms with Gasteiger partial charge in [0.25, 0.3) is 11.8 Å². The van der Waals surface area contributed by atoms with Crippen LogP contribution in [0.1, 0.15) is 39.5 Å². The lowest BCUT2D eigenvalue weighted by molar-refractivity contribution is -0.133. The normalized spacial score (nSPS) is 12.1. The molecule has 2 amide bonds. The third kappa shape index (κ3) is 8.25. The Bertz CT molecular complexity index is 1430. The van der Waals surface area contributed by atoms with Crippen molar-refractivity contribution >= 4 is 17.6 Å². The van der Waals surface area contributed by atoms with Crippen LogP contribution in [0.2, 0.25) is 0 Å². The van der Waals surface area contributed by atoms with Gasteiger partial charge in [-0.25, -0.2) is 18.7 Å². The summed E-state index contributed by atoms with van der Waals surface area (Å²) < 4.78 is 40.0. The number of nitrogens with one attached hydrogen (secondary N) is 3. The molecular formula is C29H26F3N3O5. The zero-order chi connectivity index (χ0) is 29.2. The molecule has 0 fully saturated rings. The zero-order valence-electron chi connectivity index (χ0n) is 21.3. The first kappa shape index (κ1) is 30.0. The van der Waals surface area contributed by atoms with Crippen LogP contribution in [0.25, 0.3) is 0 Å². The lowest BCUT2D eigenvalue weighted by Crippen LogP contribution is -2.51. The van der Waals surface area contributed by atoms with Gasteiger partial charge in [0.2, 0.25) is 0 Å². The average Bonchev–Trinajstić information content (AvgIpc) is 2.95. The monoisotopic (exact) mass is 553 g/mol. The van der Waals surface area contributed by atoms with Gasteiger partial charge in [-0.05, 0) is 55.0 Å². The number of rotatable bonds is 10. The van der Waals surface area contributed by atoms with Gasteiger partial charge in [-0.3, -0.25) is 19.6 Å².